The minimum atomic E-state index is -3.82. The maximum atomic E-state index is 12.2. The minimum absolute atomic E-state index is 0.0151. The molecule has 2 aromatic rings. The normalized spacial score (nSPS) is 15.6. The van der Waals surface area contributed by atoms with Crippen molar-refractivity contribution in [1.82, 2.24) is 0 Å². The van der Waals surface area contributed by atoms with Crippen LogP contribution in [0, 0.1) is 13.8 Å². The molecule has 0 atom stereocenters. The first-order chi connectivity index (χ1) is 10.8. The molecule has 0 fully saturated rings. The van der Waals surface area contributed by atoms with Gasteiger partial charge in [0.25, 0.3) is 5.91 Å². The van der Waals surface area contributed by atoms with Gasteiger partial charge in [0.15, 0.2) is 0 Å². The molecule has 0 spiro atoms. The van der Waals surface area contributed by atoms with Gasteiger partial charge in [-0.25, -0.2) is 13.6 Å². The molecule has 2 aromatic carbocycles. The molecule has 118 valence electrons. The second-order valence-electron chi connectivity index (χ2n) is 5.61. The standard InChI is InChI=1S/C17H16N2O3S/c1-10-3-4-12(7-11(10)2)8-15-14-9-13(23(18,21)22)5-6-16(14)19-17(15)20/h3-9H,1-2H3,(H,19,20)(H2,18,21,22)/b15-8-. The molecular formula is C17H16N2O3S. The van der Waals surface area contributed by atoms with Crippen LogP contribution in [0.15, 0.2) is 41.3 Å². The number of carbonyl (C=O) groups excluding carboxylic acids is 1. The van der Waals surface area contributed by atoms with E-state index in [9.17, 15) is 13.2 Å². The number of carbonyl (C=O) groups is 1. The topological polar surface area (TPSA) is 89.3 Å². The minimum Gasteiger partial charge on any atom is -0.321 e. The number of hydrogen-bond acceptors (Lipinski definition) is 3. The zero-order valence-corrected chi connectivity index (χ0v) is 13.6. The molecule has 0 aliphatic carbocycles. The summed E-state index contributed by atoms with van der Waals surface area (Å²) in [5.74, 6) is -0.259. The molecule has 3 rings (SSSR count). The molecule has 5 nitrogen and oxygen atoms in total. The van der Waals surface area contributed by atoms with Gasteiger partial charge in [-0.15, -0.1) is 0 Å². The van der Waals surface area contributed by atoms with Gasteiger partial charge in [-0.1, -0.05) is 18.2 Å². The molecule has 0 bridgehead atoms. The summed E-state index contributed by atoms with van der Waals surface area (Å²) in [5, 5.41) is 7.90. The van der Waals surface area contributed by atoms with E-state index in [-0.39, 0.29) is 10.8 Å². The van der Waals surface area contributed by atoms with Crippen LogP contribution in [0.25, 0.3) is 11.6 Å². The number of sulfonamides is 1. The second-order valence-corrected chi connectivity index (χ2v) is 7.17. The molecule has 0 saturated carbocycles. The van der Waals surface area contributed by atoms with Crippen LogP contribution < -0.4 is 10.5 Å². The van der Waals surface area contributed by atoms with Crippen LogP contribution >= 0.6 is 0 Å². The van der Waals surface area contributed by atoms with Crippen molar-refractivity contribution >= 4 is 33.3 Å². The smallest absolute Gasteiger partial charge is 0.256 e. The van der Waals surface area contributed by atoms with Crippen molar-refractivity contribution in [2.24, 2.45) is 5.14 Å². The van der Waals surface area contributed by atoms with E-state index in [2.05, 4.69) is 5.32 Å². The molecule has 1 amide bonds. The fourth-order valence-corrected chi connectivity index (χ4v) is 3.05. The van der Waals surface area contributed by atoms with Crippen molar-refractivity contribution in [2.75, 3.05) is 5.32 Å². The van der Waals surface area contributed by atoms with Gasteiger partial charge >= 0.3 is 0 Å². The number of nitrogens with two attached hydrogens (primary N) is 1. The molecule has 23 heavy (non-hydrogen) atoms. The lowest BCUT2D eigenvalue weighted by Crippen LogP contribution is -2.12. The highest BCUT2D eigenvalue weighted by atomic mass is 32.2. The van der Waals surface area contributed by atoms with Gasteiger partial charge in [0, 0.05) is 16.8 Å². The Morgan fingerprint density at radius 1 is 1.04 bits per heavy atom. The Balaban J connectivity index is 2.13. The number of hydrogen-bond donors (Lipinski definition) is 2. The van der Waals surface area contributed by atoms with Crippen LogP contribution in [0.4, 0.5) is 5.69 Å². The number of amides is 1. The average molecular weight is 328 g/mol. The highest BCUT2D eigenvalue weighted by molar-refractivity contribution is 7.89. The largest absolute Gasteiger partial charge is 0.321 e. The fraction of sp³-hybridized carbons (Fsp3) is 0.118. The van der Waals surface area contributed by atoms with Crippen LogP contribution in [0.3, 0.4) is 0 Å². The molecule has 1 aliphatic rings. The van der Waals surface area contributed by atoms with Crippen molar-refractivity contribution in [2.45, 2.75) is 18.7 Å². The second kappa shape index (κ2) is 5.33. The molecule has 1 aliphatic heterocycles. The molecule has 0 saturated heterocycles. The zero-order valence-electron chi connectivity index (χ0n) is 12.8. The summed E-state index contributed by atoms with van der Waals surface area (Å²) in [4.78, 5) is 12.2. The van der Waals surface area contributed by atoms with E-state index in [4.69, 9.17) is 5.14 Å². The summed E-state index contributed by atoms with van der Waals surface area (Å²) >= 11 is 0. The van der Waals surface area contributed by atoms with Gasteiger partial charge in [0.1, 0.15) is 0 Å². The van der Waals surface area contributed by atoms with Crippen LogP contribution in [-0.2, 0) is 14.8 Å². The first-order valence-electron chi connectivity index (χ1n) is 7.03. The number of benzene rings is 2. The molecular weight excluding hydrogens is 312 g/mol. The van der Waals surface area contributed by atoms with Crippen molar-refractivity contribution in [1.29, 1.82) is 0 Å². The number of aryl methyl sites for hydroxylation is 2. The lowest BCUT2D eigenvalue weighted by Gasteiger charge is -2.04. The first-order valence-corrected chi connectivity index (χ1v) is 8.58. The highest BCUT2D eigenvalue weighted by Gasteiger charge is 2.25. The quantitative estimate of drug-likeness (QED) is 0.830. The third kappa shape index (κ3) is 2.91. The Morgan fingerprint density at radius 2 is 1.78 bits per heavy atom. The lowest BCUT2D eigenvalue weighted by atomic mass is 10.0. The van der Waals surface area contributed by atoms with E-state index in [1.165, 1.54) is 17.7 Å². The fourth-order valence-electron chi connectivity index (χ4n) is 2.51. The Hall–Kier alpha value is -2.44. The molecule has 0 aromatic heterocycles. The van der Waals surface area contributed by atoms with Gasteiger partial charge < -0.3 is 5.32 Å². The third-order valence-corrected chi connectivity index (χ3v) is 4.86. The Bertz CT molecular complexity index is 960. The summed E-state index contributed by atoms with van der Waals surface area (Å²) < 4.78 is 23.0. The molecule has 0 radical (unpaired) electrons. The molecule has 0 unspecified atom stereocenters. The summed E-state index contributed by atoms with van der Waals surface area (Å²) in [6.45, 7) is 4.02. The molecule has 1 heterocycles. The van der Waals surface area contributed by atoms with E-state index in [0.717, 1.165) is 11.1 Å². The predicted molar refractivity (Wildman–Crippen MR) is 90.2 cm³/mol. The van der Waals surface area contributed by atoms with Crippen LogP contribution in [-0.4, -0.2) is 14.3 Å². The van der Waals surface area contributed by atoms with Gasteiger partial charge in [-0.2, -0.15) is 0 Å². The van der Waals surface area contributed by atoms with Gasteiger partial charge in [-0.05, 0) is 54.8 Å². The van der Waals surface area contributed by atoms with E-state index in [0.29, 0.717) is 16.8 Å². The van der Waals surface area contributed by atoms with Crippen LogP contribution in [0.2, 0.25) is 0 Å². The Morgan fingerprint density at radius 3 is 2.43 bits per heavy atom. The van der Waals surface area contributed by atoms with Gasteiger partial charge in [0.05, 0.1) is 4.90 Å². The molecule has 6 heteroatoms. The van der Waals surface area contributed by atoms with E-state index >= 15 is 0 Å². The highest BCUT2D eigenvalue weighted by Crippen LogP contribution is 2.34. The monoisotopic (exact) mass is 328 g/mol. The summed E-state index contributed by atoms with van der Waals surface area (Å²) in [5.41, 5.74) is 4.72. The molecule has 3 N–H and O–H groups in total. The van der Waals surface area contributed by atoms with Crippen molar-refractivity contribution in [3.63, 3.8) is 0 Å². The van der Waals surface area contributed by atoms with Crippen LogP contribution in [0.5, 0.6) is 0 Å². The summed E-state index contributed by atoms with van der Waals surface area (Å²) in [7, 11) is -3.82. The third-order valence-electron chi connectivity index (χ3n) is 3.94. The van der Waals surface area contributed by atoms with Crippen molar-refractivity contribution in [3.05, 3.63) is 58.7 Å². The van der Waals surface area contributed by atoms with E-state index in [1.807, 2.05) is 32.0 Å². The number of fused-ring (bicyclic) bond motifs is 1. The zero-order chi connectivity index (χ0) is 16.8. The maximum Gasteiger partial charge on any atom is 0.256 e. The Labute approximate surface area is 134 Å². The van der Waals surface area contributed by atoms with Crippen LogP contribution in [0.1, 0.15) is 22.3 Å². The number of nitrogens with one attached hydrogen (secondary N) is 1. The lowest BCUT2D eigenvalue weighted by molar-refractivity contribution is -0.110. The average Bonchev–Trinajstić information content (AvgIpc) is 2.77. The van der Waals surface area contributed by atoms with Crippen molar-refractivity contribution in [3.8, 4) is 0 Å². The van der Waals surface area contributed by atoms with Gasteiger partial charge in [-0.3, -0.25) is 4.79 Å². The summed E-state index contributed by atoms with van der Waals surface area (Å²) in [6, 6.07) is 10.2. The number of anilines is 1. The SMILES string of the molecule is Cc1ccc(/C=C2\C(=O)Nc3ccc(S(N)(=O)=O)cc32)cc1C. The maximum absolute atomic E-state index is 12.2. The predicted octanol–water partition coefficient (Wildman–Crippen LogP) is 2.44. The first kappa shape index (κ1) is 15.5. The number of primary sulfonamides is 1. The number of rotatable bonds is 2. The van der Waals surface area contributed by atoms with E-state index in [1.54, 1.807) is 12.1 Å². The van der Waals surface area contributed by atoms with Crippen molar-refractivity contribution < 1.29 is 13.2 Å². The van der Waals surface area contributed by atoms with E-state index < -0.39 is 10.0 Å². The summed E-state index contributed by atoms with van der Waals surface area (Å²) in [6.07, 6.45) is 1.75. The Kier molecular flexibility index (Phi) is 3.58. The van der Waals surface area contributed by atoms with Gasteiger partial charge in [0.2, 0.25) is 10.0 Å².